The SMILES string of the molecule is CCN(CC)S(=O)(=O)NCC(C)N. The molecule has 3 N–H and O–H groups in total. The smallest absolute Gasteiger partial charge is 0.279 e. The molecule has 0 aromatic heterocycles. The lowest BCUT2D eigenvalue weighted by Crippen LogP contribution is -2.44. The van der Waals surface area contributed by atoms with Crippen LogP contribution in [0.1, 0.15) is 20.8 Å². The van der Waals surface area contributed by atoms with Gasteiger partial charge in [0.2, 0.25) is 0 Å². The van der Waals surface area contributed by atoms with Crippen molar-refractivity contribution in [1.29, 1.82) is 0 Å². The van der Waals surface area contributed by atoms with Crippen molar-refractivity contribution in [3.05, 3.63) is 0 Å². The molecule has 0 saturated carbocycles. The van der Waals surface area contributed by atoms with Gasteiger partial charge in [-0.3, -0.25) is 0 Å². The fourth-order valence-electron chi connectivity index (χ4n) is 0.892. The quantitative estimate of drug-likeness (QED) is 0.620. The second-order valence-corrected chi connectivity index (χ2v) is 4.67. The van der Waals surface area contributed by atoms with Crippen molar-refractivity contribution in [2.75, 3.05) is 19.6 Å². The molecule has 0 aromatic rings. The van der Waals surface area contributed by atoms with Crippen molar-refractivity contribution in [2.24, 2.45) is 5.73 Å². The van der Waals surface area contributed by atoms with Crippen LogP contribution in [0.2, 0.25) is 0 Å². The Morgan fingerprint density at radius 1 is 1.38 bits per heavy atom. The van der Waals surface area contributed by atoms with E-state index in [0.29, 0.717) is 13.1 Å². The molecule has 0 aliphatic heterocycles. The minimum Gasteiger partial charge on any atom is -0.327 e. The fourth-order valence-corrected chi connectivity index (χ4v) is 2.23. The number of nitrogens with one attached hydrogen (secondary N) is 1. The van der Waals surface area contributed by atoms with Crippen LogP contribution in [0.25, 0.3) is 0 Å². The predicted molar refractivity (Wildman–Crippen MR) is 53.5 cm³/mol. The Labute approximate surface area is 80.5 Å². The third kappa shape index (κ3) is 4.56. The average molecular weight is 209 g/mol. The molecule has 1 atom stereocenters. The first-order valence-corrected chi connectivity index (χ1v) is 5.88. The normalized spacial score (nSPS) is 14.8. The summed E-state index contributed by atoms with van der Waals surface area (Å²) in [6.45, 7) is 6.59. The van der Waals surface area contributed by atoms with Crippen LogP contribution >= 0.6 is 0 Å². The van der Waals surface area contributed by atoms with Gasteiger partial charge in [0.1, 0.15) is 0 Å². The van der Waals surface area contributed by atoms with E-state index in [1.807, 2.05) is 0 Å². The summed E-state index contributed by atoms with van der Waals surface area (Å²) in [6, 6.07) is -0.162. The molecule has 0 spiro atoms. The highest BCUT2D eigenvalue weighted by molar-refractivity contribution is 7.87. The Balaban J connectivity index is 4.22. The molecule has 0 aliphatic rings. The summed E-state index contributed by atoms with van der Waals surface area (Å²) in [4.78, 5) is 0. The first kappa shape index (κ1) is 12.8. The molecule has 0 bridgehead atoms. The van der Waals surface area contributed by atoms with E-state index in [9.17, 15) is 8.42 Å². The highest BCUT2D eigenvalue weighted by Gasteiger charge is 2.17. The van der Waals surface area contributed by atoms with Crippen LogP contribution in [0.3, 0.4) is 0 Å². The van der Waals surface area contributed by atoms with Crippen molar-refractivity contribution < 1.29 is 8.42 Å². The number of rotatable bonds is 6. The number of hydrogen-bond donors (Lipinski definition) is 2. The van der Waals surface area contributed by atoms with Crippen LogP contribution in [-0.4, -0.2) is 38.4 Å². The zero-order valence-corrected chi connectivity index (χ0v) is 9.26. The first-order chi connectivity index (χ1) is 5.94. The minimum absolute atomic E-state index is 0.162. The first-order valence-electron chi connectivity index (χ1n) is 4.44. The Bertz CT molecular complexity index is 222. The Kier molecular flexibility index (Phi) is 5.46. The summed E-state index contributed by atoms with van der Waals surface area (Å²) in [6.07, 6.45) is 0. The van der Waals surface area contributed by atoms with Crippen LogP contribution in [0.4, 0.5) is 0 Å². The predicted octanol–water partition coefficient (Wildman–Crippen LogP) is -0.490. The second-order valence-electron chi connectivity index (χ2n) is 2.92. The third-order valence-electron chi connectivity index (χ3n) is 1.63. The monoisotopic (exact) mass is 209 g/mol. The molecule has 6 heteroatoms. The van der Waals surface area contributed by atoms with E-state index in [0.717, 1.165) is 0 Å². The van der Waals surface area contributed by atoms with Gasteiger partial charge < -0.3 is 5.73 Å². The second kappa shape index (κ2) is 5.54. The lowest BCUT2D eigenvalue weighted by atomic mass is 10.4. The van der Waals surface area contributed by atoms with E-state index in [1.165, 1.54) is 4.31 Å². The number of hydrogen-bond acceptors (Lipinski definition) is 3. The largest absolute Gasteiger partial charge is 0.327 e. The molecule has 80 valence electrons. The molecule has 0 radical (unpaired) electrons. The van der Waals surface area contributed by atoms with E-state index < -0.39 is 10.2 Å². The zero-order valence-electron chi connectivity index (χ0n) is 8.45. The average Bonchev–Trinajstić information content (AvgIpc) is 2.03. The van der Waals surface area contributed by atoms with Crippen LogP contribution < -0.4 is 10.5 Å². The van der Waals surface area contributed by atoms with Gasteiger partial charge in [-0.2, -0.15) is 12.7 Å². The van der Waals surface area contributed by atoms with Crippen LogP contribution in [0.15, 0.2) is 0 Å². The molecule has 5 nitrogen and oxygen atoms in total. The summed E-state index contributed by atoms with van der Waals surface area (Å²) in [5.74, 6) is 0. The van der Waals surface area contributed by atoms with Crippen LogP contribution in [-0.2, 0) is 10.2 Å². The van der Waals surface area contributed by atoms with E-state index >= 15 is 0 Å². The van der Waals surface area contributed by atoms with Gasteiger partial charge in [0, 0.05) is 25.7 Å². The summed E-state index contributed by atoms with van der Waals surface area (Å²) >= 11 is 0. The molecule has 0 saturated heterocycles. The Morgan fingerprint density at radius 2 is 1.85 bits per heavy atom. The van der Waals surface area contributed by atoms with Crippen LogP contribution in [0.5, 0.6) is 0 Å². The molecular formula is C7H19N3O2S. The van der Waals surface area contributed by atoms with Gasteiger partial charge in [-0.05, 0) is 6.92 Å². The summed E-state index contributed by atoms with van der Waals surface area (Å²) in [7, 11) is -3.31. The lowest BCUT2D eigenvalue weighted by molar-refractivity contribution is 0.433. The highest BCUT2D eigenvalue weighted by Crippen LogP contribution is 1.95. The molecule has 13 heavy (non-hydrogen) atoms. The molecule has 0 aromatic carbocycles. The molecule has 0 fully saturated rings. The minimum atomic E-state index is -3.31. The van der Waals surface area contributed by atoms with Crippen molar-refractivity contribution in [2.45, 2.75) is 26.8 Å². The number of nitrogens with zero attached hydrogens (tertiary/aromatic N) is 1. The fraction of sp³-hybridized carbons (Fsp3) is 1.00. The van der Waals surface area contributed by atoms with E-state index in [1.54, 1.807) is 20.8 Å². The molecule has 1 unspecified atom stereocenters. The summed E-state index contributed by atoms with van der Waals surface area (Å²) in [5.41, 5.74) is 5.44. The van der Waals surface area contributed by atoms with Gasteiger partial charge in [0.15, 0.2) is 0 Å². The summed E-state index contributed by atoms with van der Waals surface area (Å²) in [5, 5.41) is 0. The molecular weight excluding hydrogens is 190 g/mol. The van der Waals surface area contributed by atoms with Gasteiger partial charge in [-0.25, -0.2) is 4.72 Å². The van der Waals surface area contributed by atoms with Gasteiger partial charge in [-0.15, -0.1) is 0 Å². The standard InChI is InChI=1S/C7H19N3O2S/c1-4-10(5-2)13(11,12)9-6-7(3)8/h7,9H,4-6,8H2,1-3H3. The molecule has 0 rings (SSSR count). The van der Waals surface area contributed by atoms with Crippen molar-refractivity contribution in [3.8, 4) is 0 Å². The van der Waals surface area contributed by atoms with Crippen molar-refractivity contribution in [1.82, 2.24) is 9.03 Å². The molecule has 0 amide bonds. The van der Waals surface area contributed by atoms with Gasteiger partial charge in [0.05, 0.1) is 0 Å². The maximum absolute atomic E-state index is 11.5. The number of nitrogens with two attached hydrogens (primary N) is 1. The Morgan fingerprint density at radius 3 is 2.15 bits per heavy atom. The van der Waals surface area contributed by atoms with Crippen LogP contribution in [0, 0.1) is 0 Å². The lowest BCUT2D eigenvalue weighted by Gasteiger charge is -2.19. The maximum atomic E-state index is 11.5. The maximum Gasteiger partial charge on any atom is 0.279 e. The van der Waals surface area contributed by atoms with E-state index in [-0.39, 0.29) is 12.6 Å². The molecule has 0 heterocycles. The topological polar surface area (TPSA) is 75.4 Å². The highest BCUT2D eigenvalue weighted by atomic mass is 32.2. The zero-order chi connectivity index (χ0) is 10.5. The van der Waals surface area contributed by atoms with E-state index in [2.05, 4.69) is 4.72 Å². The van der Waals surface area contributed by atoms with E-state index in [4.69, 9.17) is 5.73 Å². The van der Waals surface area contributed by atoms with Gasteiger partial charge in [0.25, 0.3) is 10.2 Å². The van der Waals surface area contributed by atoms with Crippen molar-refractivity contribution in [3.63, 3.8) is 0 Å². The molecule has 0 aliphatic carbocycles. The van der Waals surface area contributed by atoms with Crippen molar-refractivity contribution >= 4 is 10.2 Å². The Hall–Kier alpha value is -0.170. The third-order valence-corrected chi connectivity index (χ3v) is 3.36. The summed E-state index contributed by atoms with van der Waals surface area (Å²) < 4.78 is 26.7. The van der Waals surface area contributed by atoms with Gasteiger partial charge >= 0.3 is 0 Å². The van der Waals surface area contributed by atoms with Gasteiger partial charge in [-0.1, -0.05) is 13.8 Å².